The van der Waals surface area contributed by atoms with Crippen LogP contribution in [0.2, 0.25) is 5.02 Å². The lowest BCUT2D eigenvalue weighted by Crippen LogP contribution is -2.32. The van der Waals surface area contributed by atoms with Crippen molar-refractivity contribution in [2.75, 3.05) is 24.4 Å². The summed E-state index contributed by atoms with van der Waals surface area (Å²) in [6, 6.07) is 17.8. The van der Waals surface area contributed by atoms with Gasteiger partial charge in [0, 0.05) is 10.7 Å². The molecule has 1 aliphatic heterocycles. The maximum Gasteiger partial charge on any atom is 0.282 e. The Morgan fingerprint density at radius 1 is 0.848 bits per heavy atom. The molecule has 0 spiro atoms. The van der Waals surface area contributed by atoms with Crippen LogP contribution in [-0.4, -0.2) is 26.0 Å². The van der Waals surface area contributed by atoms with E-state index in [9.17, 15) is 9.59 Å². The van der Waals surface area contributed by atoms with Gasteiger partial charge in [-0.2, -0.15) is 0 Å². The Bertz CT molecular complexity index is 1300. The van der Waals surface area contributed by atoms with Gasteiger partial charge in [-0.25, -0.2) is 4.90 Å². The van der Waals surface area contributed by atoms with Crippen LogP contribution >= 0.6 is 11.6 Å². The number of nitrogens with one attached hydrogen (secondary N) is 1. The zero-order chi connectivity index (χ0) is 23.7. The summed E-state index contributed by atoms with van der Waals surface area (Å²) in [5, 5.41) is 3.69. The molecule has 33 heavy (non-hydrogen) atoms. The predicted molar refractivity (Wildman–Crippen MR) is 130 cm³/mol. The Labute approximate surface area is 197 Å². The molecule has 2 amide bonds. The van der Waals surface area contributed by atoms with Crippen LogP contribution in [0.15, 0.2) is 66.4 Å². The average Bonchev–Trinajstić information content (AvgIpc) is 3.05. The fourth-order valence-corrected chi connectivity index (χ4v) is 3.90. The largest absolute Gasteiger partial charge is 0.493 e. The molecule has 0 fully saturated rings. The van der Waals surface area contributed by atoms with Crippen LogP contribution in [0.25, 0.3) is 5.57 Å². The topological polar surface area (TPSA) is 67.9 Å². The highest BCUT2D eigenvalue weighted by Crippen LogP contribution is 2.37. The molecule has 0 bridgehead atoms. The van der Waals surface area contributed by atoms with Crippen molar-refractivity contribution in [3.63, 3.8) is 0 Å². The second kappa shape index (κ2) is 9.00. The summed E-state index contributed by atoms with van der Waals surface area (Å²) in [5.41, 5.74) is 3.88. The van der Waals surface area contributed by atoms with Gasteiger partial charge in [0.15, 0.2) is 11.5 Å². The number of hydrogen-bond donors (Lipinski definition) is 1. The van der Waals surface area contributed by atoms with Crippen LogP contribution in [0.5, 0.6) is 11.5 Å². The Morgan fingerprint density at radius 2 is 1.61 bits per heavy atom. The number of methoxy groups -OCH3 is 2. The molecule has 4 rings (SSSR count). The minimum atomic E-state index is -0.452. The highest BCUT2D eigenvalue weighted by Gasteiger charge is 2.40. The average molecular weight is 463 g/mol. The van der Waals surface area contributed by atoms with Gasteiger partial charge in [0.05, 0.1) is 25.5 Å². The number of benzene rings is 3. The molecule has 3 aromatic rings. The van der Waals surface area contributed by atoms with Gasteiger partial charge in [0.2, 0.25) is 0 Å². The third-order valence-corrected chi connectivity index (χ3v) is 5.86. The lowest BCUT2D eigenvalue weighted by molar-refractivity contribution is -0.120. The van der Waals surface area contributed by atoms with Crippen molar-refractivity contribution < 1.29 is 19.1 Å². The van der Waals surface area contributed by atoms with Crippen LogP contribution in [0.1, 0.15) is 16.7 Å². The van der Waals surface area contributed by atoms with Gasteiger partial charge in [0.1, 0.15) is 5.70 Å². The van der Waals surface area contributed by atoms with Crippen LogP contribution < -0.4 is 19.7 Å². The van der Waals surface area contributed by atoms with Gasteiger partial charge in [-0.3, -0.25) is 9.59 Å². The Kier molecular flexibility index (Phi) is 6.11. The van der Waals surface area contributed by atoms with Crippen molar-refractivity contribution in [2.24, 2.45) is 0 Å². The molecule has 1 aliphatic rings. The van der Waals surface area contributed by atoms with E-state index in [1.54, 1.807) is 36.4 Å². The van der Waals surface area contributed by atoms with E-state index in [1.165, 1.54) is 19.1 Å². The number of nitrogens with zero attached hydrogens (tertiary/aromatic N) is 1. The van der Waals surface area contributed by atoms with Gasteiger partial charge >= 0.3 is 0 Å². The molecule has 0 unspecified atom stereocenters. The third kappa shape index (κ3) is 4.17. The van der Waals surface area contributed by atoms with Gasteiger partial charge in [-0.1, -0.05) is 35.9 Å². The fourth-order valence-electron chi connectivity index (χ4n) is 3.72. The second-order valence-corrected chi connectivity index (χ2v) is 8.10. The van der Waals surface area contributed by atoms with Crippen molar-refractivity contribution in [1.29, 1.82) is 0 Å². The molecule has 0 atom stereocenters. The highest BCUT2D eigenvalue weighted by molar-refractivity contribution is 6.46. The number of imide groups is 1. The number of rotatable bonds is 6. The number of carbonyl (C=O) groups is 2. The molecule has 1 heterocycles. The van der Waals surface area contributed by atoms with Gasteiger partial charge < -0.3 is 14.8 Å². The van der Waals surface area contributed by atoms with Crippen LogP contribution in [0, 0.1) is 13.8 Å². The quantitative estimate of drug-likeness (QED) is 0.499. The molecule has 0 aromatic heterocycles. The molecule has 7 heteroatoms. The molecule has 0 saturated heterocycles. The normalized spacial score (nSPS) is 13.5. The number of aryl methyl sites for hydroxylation is 2. The Hall–Kier alpha value is -3.77. The van der Waals surface area contributed by atoms with Gasteiger partial charge in [-0.05, 0) is 66.9 Å². The summed E-state index contributed by atoms with van der Waals surface area (Å²) >= 11 is 6.28. The maximum atomic E-state index is 13.6. The van der Waals surface area contributed by atoms with E-state index in [1.807, 2.05) is 38.1 Å². The van der Waals surface area contributed by atoms with Crippen molar-refractivity contribution in [2.45, 2.75) is 13.8 Å². The van der Waals surface area contributed by atoms with E-state index < -0.39 is 11.8 Å². The molecule has 0 aliphatic carbocycles. The number of amides is 2. The summed E-state index contributed by atoms with van der Waals surface area (Å²) in [4.78, 5) is 28.3. The lowest BCUT2D eigenvalue weighted by Gasteiger charge is -2.16. The highest BCUT2D eigenvalue weighted by atomic mass is 35.5. The first-order valence-electron chi connectivity index (χ1n) is 10.3. The summed E-state index contributed by atoms with van der Waals surface area (Å²) in [6.07, 6.45) is 0. The number of carbonyl (C=O) groups excluding carboxylic acids is 2. The molecule has 168 valence electrons. The SMILES string of the molecule is COc1ccc(C2=C(Nc3ccc(C)c(Cl)c3)C(=O)N(c3cccc(C)c3)C2=O)cc1OC. The van der Waals surface area contributed by atoms with Crippen molar-refractivity contribution in [3.05, 3.63) is 88.1 Å². The molecule has 6 nitrogen and oxygen atoms in total. The summed E-state index contributed by atoms with van der Waals surface area (Å²) in [5.74, 6) is 0.0917. The predicted octanol–water partition coefficient (Wildman–Crippen LogP) is 5.37. The van der Waals surface area contributed by atoms with Gasteiger partial charge in [-0.15, -0.1) is 0 Å². The molecular weight excluding hydrogens is 440 g/mol. The van der Waals surface area contributed by atoms with Crippen molar-refractivity contribution in [1.82, 2.24) is 0 Å². The Balaban J connectivity index is 1.86. The first-order valence-corrected chi connectivity index (χ1v) is 10.7. The lowest BCUT2D eigenvalue weighted by atomic mass is 10.0. The van der Waals surface area contributed by atoms with E-state index in [4.69, 9.17) is 21.1 Å². The maximum absolute atomic E-state index is 13.6. The zero-order valence-electron chi connectivity index (χ0n) is 18.7. The smallest absolute Gasteiger partial charge is 0.282 e. The summed E-state index contributed by atoms with van der Waals surface area (Å²) in [6.45, 7) is 3.80. The molecular formula is C26H23ClN2O4. The van der Waals surface area contributed by atoms with Crippen LogP contribution in [-0.2, 0) is 9.59 Å². The van der Waals surface area contributed by atoms with E-state index >= 15 is 0 Å². The standard InChI is InChI=1S/C26H23ClN2O4/c1-15-6-5-7-19(12-15)29-25(30)23(17-9-11-21(32-3)22(13-17)33-4)24(26(29)31)28-18-10-8-16(2)20(27)14-18/h5-14,28H,1-4H3. The minimum absolute atomic E-state index is 0.161. The van der Waals surface area contributed by atoms with Crippen LogP contribution in [0.4, 0.5) is 11.4 Å². The number of hydrogen-bond acceptors (Lipinski definition) is 5. The van der Waals surface area contributed by atoms with Crippen molar-refractivity contribution >= 4 is 40.4 Å². The molecule has 0 radical (unpaired) electrons. The summed E-state index contributed by atoms with van der Waals surface area (Å²) < 4.78 is 10.7. The van der Waals surface area contributed by atoms with E-state index in [2.05, 4.69) is 5.32 Å². The molecule has 3 aromatic carbocycles. The number of anilines is 2. The molecule has 0 saturated carbocycles. The Morgan fingerprint density at radius 3 is 2.27 bits per heavy atom. The fraction of sp³-hybridized carbons (Fsp3) is 0.154. The van der Waals surface area contributed by atoms with E-state index in [-0.39, 0.29) is 11.3 Å². The first kappa shape index (κ1) is 22.4. The van der Waals surface area contributed by atoms with Crippen LogP contribution in [0.3, 0.4) is 0 Å². The van der Waals surface area contributed by atoms with Gasteiger partial charge in [0.25, 0.3) is 11.8 Å². The number of halogens is 1. The monoisotopic (exact) mass is 462 g/mol. The zero-order valence-corrected chi connectivity index (χ0v) is 19.5. The number of ether oxygens (including phenoxy) is 2. The minimum Gasteiger partial charge on any atom is -0.493 e. The first-order chi connectivity index (χ1) is 15.8. The second-order valence-electron chi connectivity index (χ2n) is 7.69. The van der Waals surface area contributed by atoms with Crippen molar-refractivity contribution in [3.8, 4) is 11.5 Å². The summed E-state index contributed by atoms with van der Waals surface area (Å²) in [7, 11) is 3.05. The van der Waals surface area contributed by atoms with E-state index in [0.29, 0.717) is 33.5 Å². The molecule has 1 N–H and O–H groups in total. The third-order valence-electron chi connectivity index (χ3n) is 5.46. The van der Waals surface area contributed by atoms with E-state index in [0.717, 1.165) is 11.1 Å².